The van der Waals surface area contributed by atoms with Gasteiger partial charge in [0, 0.05) is 11.1 Å². The highest BCUT2D eigenvalue weighted by Gasteiger charge is 2.10. The van der Waals surface area contributed by atoms with Crippen LogP contribution in [0, 0.1) is 0 Å². The normalized spacial score (nSPS) is 10.7. The van der Waals surface area contributed by atoms with Gasteiger partial charge in [-0.25, -0.2) is 11.0 Å². The van der Waals surface area contributed by atoms with Crippen LogP contribution in [0.1, 0.15) is 52.1 Å². The third-order valence-corrected chi connectivity index (χ3v) is 5.74. The third-order valence-electron chi connectivity index (χ3n) is 5.74. The van der Waals surface area contributed by atoms with Crippen molar-refractivity contribution in [3.8, 4) is 0 Å². The van der Waals surface area contributed by atoms with E-state index in [0.29, 0.717) is 5.56 Å². The predicted molar refractivity (Wildman–Crippen MR) is 135 cm³/mol. The monoisotopic (exact) mass is 485 g/mol. The van der Waals surface area contributed by atoms with E-state index in [1.54, 1.807) is 5.48 Å². The van der Waals surface area contributed by atoms with Gasteiger partial charge >= 0.3 is 0 Å². The van der Waals surface area contributed by atoms with Gasteiger partial charge in [0.1, 0.15) is 6.61 Å². The minimum absolute atomic E-state index is 0. The highest BCUT2D eigenvalue weighted by atomic mass is 35.5. The zero-order chi connectivity index (χ0) is 23.6. The van der Waals surface area contributed by atoms with E-state index in [4.69, 9.17) is 10.0 Å². The summed E-state index contributed by atoms with van der Waals surface area (Å²) in [6, 6.07) is 18.4. The molecule has 3 aromatic rings. The first-order valence-electron chi connectivity index (χ1n) is 11.2. The molecule has 34 heavy (non-hydrogen) atoms. The average molecular weight is 486 g/mol. The van der Waals surface area contributed by atoms with Crippen molar-refractivity contribution >= 4 is 35.0 Å². The van der Waals surface area contributed by atoms with Crippen LogP contribution in [-0.4, -0.2) is 41.6 Å². The number of fused-ring (bicyclic) bond motifs is 1. The van der Waals surface area contributed by atoms with Gasteiger partial charge in [0.05, 0.1) is 0 Å². The number of rotatable bonds is 11. The number of aryl methyl sites for hydroxylation is 1. The van der Waals surface area contributed by atoms with Crippen LogP contribution in [0.15, 0.2) is 60.7 Å². The van der Waals surface area contributed by atoms with Crippen molar-refractivity contribution in [2.75, 3.05) is 19.6 Å². The lowest BCUT2D eigenvalue weighted by Gasteiger charge is -2.18. The number of hydrogen-bond acceptors (Lipinski definition) is 5. The summed E-state index contributed by atoms with van der Waals surface area (Å²) < 4.78 is 0. The van der Waals surface area contributed by atoms with Crippen LogP contribution in [0.5, 0.6) is 0 Å². The number of carbonyl (C=O) groups excluding carboxylic acids is 2. The molecule has 0 aliphatic heterocycles. The molecule has 2 amide bonds. The number of hydroxylamine groups is 2. The Bertz CT molecular complexity index is 1090. The van der Waals surface area contributed by atoms with Gasteiger partial charge < -0.3 is 4.90 Å². The molecule has 0 aromatic heterocycles. The summed E-state index contributed by atoms with van der Waals surface area (Å²) in [6.45, 7) is 7.79. The van der Waals surface area contributed by atoms with Gasteiger partial charge in [-0.15, -0.1) is 12.4 Å². The van der Waals surface area contributed by atoms with Crippen LogP contribution in [-0.2, 0) is 17.9 Å². The van der Waals surface area contributed by atoms with E-state index in [-0.39, 0.29) is 24.6 Å². The van der Waals surface area contributed by atoms with E-state index in [1.807, 2.05) is 12.1 Å². The predicted octanol–water partition coefficient (Wildman–Crippen LogP) is 4.52. The van der Waals surface area contributed by atoms with Crippen LogP contribution in [0.4, 0.5) is 0 Å². The third kappa shape index (κ3) is 7.27. The summed E-state index contributed by atoms with van der Waals surface area (Å²) in [5.41, 5.74) is 6.90. The molecule has 0 aliphatic rings. The molecule has 0 fully saturated rings. The number of nitrogens with one attached hydrogen (secondary N) is 2. The molecular formula is C26H32ClN3O4. The van der Waals surface area contributed by atoms with E-state index < -0.39 is 11.8 Å². The fourth-order valence-corrected chi connectivity index (χ4v) is 3.84. The standard InChI is InChI=1S/C26H31N3O4.ClH/c1-3-29(4-2)15-7-8-19-16-22-9-5-6-10-24(22)23(17-19)18-33-28-26(31)21-13-11-20(12-14-21)25(30)27-32;/h5-6,9-14,16-17,32H,3-4,7-8,15,18H2,1-2H3,(H,27,30)(H,28,31);1H. The van der Waals surface area contributed by atoms with Crippen LogP contribution in [0.3, 0.4) is 0 Å². The topological polar surface area (TPSA) is 90.9 Å². The van der Waals surface area contributed by atoms with Gasteiger partial charge in [0.2, 0.25) is 0 Å². The number of amides is 2. The van der Waals surface area contributed by atoms with E-state index in [2.05, 4.69) is 48.5 Å². The van der Waals surface area contributed by atoms with Crippen molar-refractivity contribution < 1.29 is 19.6 Å². The zero-order valence-corrected chi connectivity index (χ0v) is 20.4. The van der Waals surface area contributed by atoms with Crippen LogP contribution < -0.4 is 11.0 Å². The Morgan fingerprint density at radius 3 is 2.24 bits per heavy atom. The summed E-state index contributed by atoms with van der Waals surface area (Å²) >= 11 is 0. The van der Waals surface area contributed by atoms with Gasteiger partial charge in [0.15, 0.2) is 0 Å². The Kier molecular flexibility index (Phi) is 11.0. The molecule has 0 saturated heterocycles. The second-order valence-corrected chi connectivity index (χ2v) is 7.84. The first-order chi connectivity index (χ1) is 16.0. The lowest BCUT2D eigenvalue weighted by molar-refractivity contribution is 0.0237. The molecule has 7 nitrogen and oxygen atoms in total. The minimum atomic E-state index is -0.637. The van der Waals surface area contributed by atoms with Crippen molar-refractivity contribution in [1.29, 1.82) is 0 Å². The number of halogens is 1. The molecule has 8 heteroatoms. The van der Waals surface area contributed by atoms with Crippen LogP contribution >= 0.6 is 12.4 Å². The van der Waals surface area contributed by atoms with Crippen LogP contribution in [0.25, 0.3) is 10.8 Å². The minimum Gasteiger partial charge on any atom is -0.304 e. The largest absolute Gasteiger partial charge is 0.304 e. The van der Waals surface area contributed by atoms with Gasteiger partial charge in [0.25, 0.3) is 11.8 Å². The number of hydrogen-bond donors (Lipinski definition) is 3. The van der Waals surface area contributed by atoms with E-state index >= 15 is 0 Å². The van der Waals surface area contributed by atoms with Crippen molar-refractivity contribution in [2.24, 2.45) is 0 Å². The van der Waals surface area contributed by atoms with Crippen LogP contribution in [0.2, 0.25) is 0 Å². The molecule has 3 rings (SSSR count). The molecule has 0 atom stereocenters. The zero-order valence-electron chi connectivity index (χ0n) is 19.5. The van der Waals surface area contributed by atoms with Gasteiger partial charge in [-0.1, -0.05) is 50.2 Å². The smallest absolute Gasteiger partial charge is 0.274 e. The second kappa shape index (κ2) is 13.7. The highest BCUT2D eigenvalue weighted by Crippen LogP contribution is 2.23. The summed E-state index contributed by atoms with van der Waals surface area (Å²) in [6.07, 6.45) is 2.07. The number of nitrogens with zero attached hydrogens (tertiary/aromatic N) is 1. The molecule has 0 heterocycles. The molecule has 0 bridgehead atoms. The number of benzene rings is 3. The maximum Gasteiger partial charge on any atom is 0.274 e. The van der Waals surface area contributed by atoms with Crippen molar-refractivity contribution in [1.82, 2.24) is 15.9 Å². The summed E-state index contributed by atoms with van der Waals surface area (Å²) in [4.78, 5) is 31.8. The maximum atomic E-state index is 12.4. The Morgan fingerprint density at radius 1 is 0.941 bits per heavy atom. The average Bonchev–Trinajstić information content (AvgIpc) is 2.86. The SMILES string of the molecule is CCN(CC)CCCc1cc(CONC(=O)c2ccc(C(=O)NO)cc2)c2ccccc2c1.Cl. The highest BCUT2D eigenvalue weighted by molar-refractivity contribution is 5.97. The molecule has 0 saturated carbocycles. The lowest BCUT2D eigenvalue weighted by atomic mass is 9.99. The van der Waals surface area contributed by atoms with Gasteiger partial charge in [-0.05, 0) is 78.6 Å². The molecule has 182 valence electrons. The maximum absolute atomic E-state index is 12.4. The van der Waals surface area contributed by atoms with E-state index in [1.165, 1.54) is 29.8 Å². The Balaban J connectivity index is 0.00000408. The summed E-state index contributed by atoms with van der Waals surface area (Å²) in [5, 5.41) is 10.9. The molecule has 0 unspecified atom stereocenters. The van der Waals surface area contributed by atoms with Gasteiger partial charge in [-0.3, -0.25) is 19.6 Å². The molecule has 0 radical (unpaired) electrons. The summed E-state index contributed by atoms with van der Waals surface area (Å²) in [5.74, 6) is -1.05. The molecule has 3 N–H and O–H groups in total. The Labute approximate surface area is 206 Å². The lowest BCUT2D eigenvalue weighted by Crippen LogP contribution is -2.24. The molecular weight excluding hydrogens is 454 g/mol. The molecule has 3 aromatic carbocycles. The first-order valence-corrected chi connectivity index (χ1v) is 11.2. The fourth-order valence-electron chi connectivity index (χ4n) is 3.84. The number of carbonyl (C=O) groups is 2. The Hall–Kier alpha value is -2.97. The van der Waals surface area contributed by atoms with Crippen molar-refractivity contribution in [3.05, 3.63) is 82.9 Å². The van der Waals surface area contributed by atoms with Crippen molar-refractivity contribution in [2.45, 2.75) is 33.3 Å². The molecule has 0 spiro atoms. The fraction of sp³-hybridized carbons (Fsp3) is 0.308. The van der Waals surface area contributed by atoms with E-state index in [0.717, 1.165) is 48.8 Å². The summed E-state index contributed by atoms with van der Waals surface area (Å²) in [7, 11) is 0. The molecule has 0 aliphatic carbocycles. The van der Waals surface area contributed by atoms with Crippen molar-refractivity contribution in [3.63, 3.8) is 0 Å². The van der Waals surface area contributed by atoms with Gasteiger partial charge in [-0.2, -0.15) is 0 Å². The first kappa shape index (κ1) is 27.3. The quantitative estimate of drug-likeness (QED) is 0.274. The van der Waals surface area contributed by atoms with E-state index in [9.17, 15) is 9.59 Å². The second-order valence-electron chi connectivity index (χ2n) is 7.84. The Morgan fingerprint density at radius 2 is 1.59 bits per heavy atom.